The predicted molar refractivity (Wildman–Crippen MR) is 69.5 cm³/mol. The second kappa shape index (κ2) is 5.04. The molecule has 2 rings (SSSR count). The maximum Gasteiger partial charge on any atom is 0.356 e. The van der Waals surface area contributed by atoms with Crippen molar-refractivity contribution in [3.8, 4) is 11.1 Å². The fourth-order valence-corrected chi connectivity index (χ4v) is 2.61. The Kier molecular flexibility index (Phi) is 3.64. The Morgan fingerprint density at radius 3 is 2.17 bits per heavy atom. The van der Waals surface area contributed by atoms with Crippen molar-refractivity contribution in [1.82, 2.24) is 0 Å². The first-order valence-electron chi connectivity index (χ1n) is 5.37. The van der Waals surface area contributed by atoms with Crippen LogP contribution in [-0.4, -0.2) is 14.9 Å². The molecule has 0 heterocycles. The number of hydrogen-bond acceptors (Lipinski definition) is 2. The van der Waals surface area contributed by atoms with Crippen molar-refractivity contribution >= 4 is 12.9 Å². The molecule has 0 radical (unpaired) electrons. The molecule has 0 atom stereocenters. The predicted octanol–water partition coefficient (Wildman–Crippen LogP) is 1.65. The summed E-state index contributed by atoms with van der Waals surface area (Å²) in [6, 6.07) is 14.0. The Morgan fingerprint density at radius 2 is 1.61 bits per heavy atom. The molecule has 4 nitrogen and oxygen atoms in total. The third-order valence-corrected chi connectivity index (χ3v) is 3.72. The molecule has 0 amide bonds. The summed E-state index contributed by atoms with van der Waals surface area (Å²) in [6.07, 6.45) is 0. The maximum atomic E-state index is 11.4. The minimum absolute atomic E-state index is 0.119. The molecule has 18 heavy (non-hydrogen) atoms. The van der Waals surface area contributed by atoms with E-state index in [1.54, 1.807) is 6.07 Å². The monoisotopic (exact) mass is 264 g/mol. The molecule has 5 heteroatoms. The van der Waals surface area contributed by atoms with Crippen molar-refractivity contribution in [2.75, 3.05) is 0 Å². The molecule has 0 aliphatic rings. The third kappa shape index (κ3) is 2.68. The highest BCUT2D eigenvalue weighted by Gasteiger charge is 2.21. The second-order valence-corrected chi connectivity index (χ2v) is 5.48. The van der Waals surface area contributed by atoms with E-state index in [0.717, 1.165) is 5.56 Å². The molecule has 0 saturated carbocycles. The van der Waals surface area contributed by atoms with Gasteiger partial charge in [0.2, 0.25) is 0 Å². The summed E-state index contributed by atoms with van der Waals surface area (Å²) in [4.78, 5) is 18.5. The lowest BCUT2D eigenvalue weighted by molar-refractivity contribution is 0.282. The van der Waals surface area contributed by atoms with Gasteiger partial charge in [-0.2, -0.15) is 0 Å². The zero-order chi connectivity index (χ0) is 13.2. The normalized spacial score (nSPS) is 11.5. The van der Waals surface area contributed by atoms with E-state index >= 15 is 0 Å². The molecule has 0 aromatic heterocycles. The van der Waals surface area contributed by atoms with Crippen molar-refractivity contribution in [1.29, 1.82) is 0 Å². The van der Waals surface area contributed by atoms with Gasteiger partial charge in [0.05, 0.1) is 11.9 Å². The summed E-state index contributed by atoms with van der Waals surface area (Å²) < 4.78 is 11.4. The summed E-state index contributed by atoms with van der Waals surface area (Å²) in [6.45, 7) is -0.393. The van der Waals surface area contributed by atoms with Gasteiger partial charge in [0.1, 0.15) is 0 Å². The van der Waals surface area contributed by atoms with Crippen LogP contribution >= 0.6 is 7.60 Å². The molecule has 3 N–H and O–H groups in total. The van der Waals surface area contributed by atoms with E-state index < -0.39 is 14.2 Å². The van der Waals surface area contributed by atoms with Crippen molar-refractivity contribution in [2.24, 2.45) is 0 Å². The molecule has 0 bridgehead atoms. The molecule has 0 aliphatic carbocycles. The Labute approximate surface area is 105 Å². The SMILES string of the molecule is O=P(O)(O)c1cc(-c2ccccc2)ccc1CO. The highest BCUT2D eigenvalue weighted by Crippen LogP contribution is 2.36. The lowest BCUT2D eigenvalue weighted by atomic mass is 10.0. The van der Waals surface area contributed by atoms with Gasteiger partial charge in [-0.25, -0.2) is 0 Å². The van der Waals surface area contributed by atoms with Crippen LogP contribution in [0.15, 0.2) is 48.5 Å². The average Bonchev–Trinajstić information content (AvgIpc) is 2.38. The Hall–Kier alpha value is -1.45. The van der Waals surface area contributed by atoms with Gasteiger partial charge in [0.25, 0.3) is 0 Å². The van der Waals surface area contributed by atoms with Gasteiger partial charge in [-0.05, 0) is 22.8 Å². The van der Waals surface area contributed by atoms with Crippen LogP contribution in [0.2, 0.25) is 0 Å². The summed E-state index contributed by atoms with van der Waals surface area (Å²) in [5, 5.41) is 8.98. The zero-order valence-corrected chi connectivity index (χ0v) is 10.4. The van der Waals surface area contributed by atoms with Crippen molar-refractivity contribution in [3.63, 3.8) is 0 Å². The highest BCUT2D eigenvalue weighted by atomic mass is 31.2. The van der Waals surface area contributed by atoms with Gasteiger partial charge in [-0.3, -0.25) is 4.57 Å². The number of aliphatic hydroxyl groups is 1. The molecule has 94 valence electrons. The summed E-state index contributed by atoms with van der Waals surface area (Å²) in [5.41, 5.74) is 1.84. The van der Waals surface area contributed by atoms with E-state index in [1.807, 2.05) is 30.3 Å². The largest absolute Gasteiger partial charge is 0.392 e. The van der Waals surface area contributed by atoms with E-state index in [0.29, 0.717) is 5.56 Å². The Morgan fingerprint density at radius 1 is 0.944 bits per heavy atom. The number of aliphatic hydroxyl groups excluding tert-OH is 1. The lowest BCUT2D eigenvalue weighted by Crippen LogP contribution is -2.11. The molecule has 2 aromatic carbocycles. The number of hydrogen-bond donors (Lipinski definition) is 3. The van der Waals surface area contributed by atoms with Crippen LogP contribution in [0.4, 0.5) is 0 Å². The molecule has 0 fully saturated rings. The summed E-state index contributed by atoms with van der Waals surface area (Å²) in [7, 11) is -4.38. The van der Waals surface area contributed by atoms with Gasteiger partial charge >= 0.3 is 7.60 Å². The highest BCUT2D eigenvalue weighted by molar-refractivity contribution is 7.60. The molecule has 0 saturated heterocycles. The van der Waals surface area contributed by atoms with Crippen LogP contribution in [0.25, 0.3) is 11.1 Å². The van der Waals surface area contributed by atoms with Gasteiger partial charge in [0, 0.05) is 0 Å². The standard InChI is InChI=1S/C13H13O4P/c14-9-12-7-6-11(8-13(12)18(15,16)17)10-4-2-1-3-5-10/h1-8,14H,9H2,(H2,15,16,17). The zero-order valence-electron chi connectivity index (χ0n) is 9.52. The number of rotatable bonds is 3. The third-order valence-electron chi connectivity index (χ3n) is 2.68. The van der Waals surface area contributed by atoms with Crippen molar-refractivity contribution in [3.05, 3.63) is 54.1 Å². The minimum atomic E-state index is -4.38. The van der Waals surface area contributed by atoms with Crippen LogP contribution in [-0.2, 0) is 11.2 Å². The fraction of sp³-hybridized carbons (Fsp3) is 0.0769. The van der Waals surface area contributed by atoms with Crippen molar-refractivity contribution in [2.45, 2.75) is 6.61 Å². The van der Waals surface area contributed by atoms with Crippen LogP contribution in [0.3, 0.4) is 0 Å². The first-order chi connectivity index (χ1) is 8.52. The lowest BCUT2D eigenvalue weighted by Gasteiger charge is -2.11. The van der Waals surface area contributed by atoms with E-state index in [2.05, 4.69) is 0 Å². The Bertz CT molecular complexity index is 589. The quantitative estimate of drug-likeness (QED) is 0.736. The second-order valence-electron chi connectivity index (χ2n) is 3.91. The molecule has 0 unspecified atom stereocenters. The molecule has 0 aliphatic heterocycles. The van der Waals surface area contributed by atoms with Crippen molar-refractivity contribution < 1.29 is 19.5 Å². The minimum Gasteiger partial charge on any atom is -0.392 e. The topological polar surface area (TPSA) is 77.8 Å². The first kappa shape index (κ1) is 13.0. The molecule has 0 spiro atoms. The van der Waals surface area contributed by atoms with E-state index in [-0.39, 0.29) is 10.9 Å². The maximum absolute atomic E-state index is 11.4. The van der Waals surface area contributed by atoms with Crippen LogP contribution in [0.5, 0.6) is 0 Å². The average molecular weight is 264 g/mol. The van der Waals surface area contributed by atoms with Crippen LogP contribution in [0.1, 0.15) is 5.56 Å². The van der Waals surface area contributed by atoms with Crippen LogP contribution in [0, 0.1) is 0 Å². The summed E-state index contributed by atoms with van der Waals surface area (Å²) in [5.74, 6) is 0. The molecular weight excluding hydrogens is 251 g/mol. The van der Waals surface area contributed by atoms with Gasteiger partial charge < -0.3 is 14.9 Å². The Balaban J connectivity index is 2.57. The summed E-state index contributed by atoms with van der Waals surface area (Å²) >= 11 is 0. The van der Waals surface area contributed by atoms with Gasteiger partial charge in [0.15, 0.2) is 0 Å². The smallest absolute Gasteiger partial charge is 0.356 e. The van der Waals surface area contributed by atoms with E-state index in [1.165, 1.54) is 12.1 Å². The fourth-order valence-electron chi connectivity index (χ4n) is 1.78. The van der Waals surface area contributed by atoms with Gasteiger partial charge in [-0.15, -0.1) is 0 Å². The molecular formula is C13H13O4P. The van der Waals surface area contributed by atoms with E-state index in [4.69, 9.17) is 5.11 Å². The number of benzene rings is 2. The first-order valence-corrected chi connectivity index (χ1v) is 6.99. The van der Waals surface area contributed by atoms with E-state index in [9.17, 15) is 14.4 Å². The molecule has 2 aromatic rings. The van der Waals surface area contributed by atoms with Gasteiger partial charge in [-0.1, -0.05) is 42.5 Å². The van der Waals surface area contributed by atoms with Crippen LogP contribution < -0.4 is 5.30 Å².